The van der Waals surface area contributed by atoms with Gasteiger partial charge in [0.15, 0.2) is 0 Å². The summed E-state index contributed by atoms with van der Waals surface area (Å²) in [6, 6.07) is 10.6. The maximum absolute atomic E-state index is 12.8. The largest absolute Gasteiger partial charge is 0.501 e. The zero-order valence-corrected chi connectivity index (χ0v) is 16.4. The summed E-state index contributed by atoms with van der Waals surface area (Å²) in [5.41, 5.74) is -0.839. The van der Waals surface area contributed by atoms with Crippen LogP contribution in [0.3, 0.4) is 0 Å². The van der Waals surface area contributed by atoms with Gasteiger partial charge in [-0.2, -0.15) is 13.2 Å². The summed E-state index contributed by atoms with van der Waals surface area (Å²) in [6.45, 7) is 1.91. The lowest BCUT2D eigenvalue weighted by molar-refractivity contribution is -0.0436. The number of halogens is 4. The van der Waals surface area contributed by atoms with Gasteiger partial charge in [-0.05, 0) is 71.9 Å². The molecule has 2 aromatic rings. The standard InChI is InChI=1S/C21H16ClF3O2S/c1-13-10-15(4-7-19(13)22)18-12-20(8-9-20)11-17(18)14-2-5-16(6-3-14)28(26,27)21(23,24)25/h2-7,10-12H,8-9H2,1H3. The fourth-order valence-corrected chi connectivity index (χ4v) is 4.32. The Morgan fingerprint density at radius 1 is 0.929 bits per heavy atom. The van der Waals surface area contributed by atoms with E-state index in [2.05, 4.69) is 12.2 Å². The monoisotopic (exact) mass is 424 g/mol. The topological polar surface area (TPSA) is 34.1 Å². The number of hydrogen-bond donors (Lipinski definition) is 0. The minimum atomic E-state index is -5.35. The quantitative estimate of drug-likeness (QED) is 0.587. The number of hydrogen-bond acceptors (Lipinski definition) is 2. The highest BCUT2D eigenvalue weighted by Gasteiger charge is 2.47. The van der Waals surface area contributed by atoms with Crippen molar-refractivity contribution < 1.29 is 21.6 Å². The molecule has 7 heteroatoms. The Morgan fingerprint density at radius 3 is 1.96 bits per heavy atom. The van der Waals surface area contributed by atoms with Crippen LogP contribution in [-0.4, -0.2) is 13.9 Å². The predicted molar refractivity (Wildman–Crippen MR) is 103 cm³/mol. The second kappa shape index (κ2) is 6.22. The number of alkyl halides is 3. The first-order valence-electron chi connectivity index (χ1n) is 8.67. The predicted octanol–water partition coefficient (Wildman–Crippen LogP) is 6.20. The molecule has 0 bridgehead atoms. The molecule has 0 radical (unpaired) electrons. The minimum Gasteiger partial charge on any atom is -0.214 e. The van der Waals surface area contributed by atoms with E-state index in [9.17, 15) is 21.6 Å². The van der Waals surface area contributed by atoms with Gasteiger partial charge in [0, 0.05) is 10.4 Å². The summed E-state index contributed by atoms with van der Waals surface area (Å²) in [4.78, 5) is -0.753. The van der Waals surface area contributed by atoms with Crippen LogP contribution in [0.15, 0.2) is 59.5 Å². The van der Waals surface area contributed by atoms with E-state index in [1.807, 2.05) is 25.1 Å². The first kappa shape index (κ1) is 19.3. The molecule has 2 aliphatic rings. The van der Waals surface area contributed by atoms with Crippen molar-refractivity contribution in [3.63, 3.8) is 0 Å². The van der Waals surface area contributed by atoms with Crippen molar-refractivity contribution in [1.29, 1.82) is 0 Å². The zero-order chi connectivity index (χ0) is 20.3. The van der Waals surface area contributed by atoms with Gasteiger partial charge in [-0.1, -0.05) is 42.0 Å². The van der Waals surface area contributed by atoms with Crippen molar-refractivity contribution in [2.75, 3.05) is 0 Å². The highest BCUT2D eigenvalue weighted by molar-refractivity contribution is 7.92. The van der Waals surface area contributed by atoms with Gasteiger partial charge >= 0.3 is 5.51 Å². The van der Waals surface area contributed by atoms with Gasteiger partial charge in [0.1, 0.15) is 0 Å². The highest BCUT2D eigenvalue weighted by atomic mass is 35.5. The summed E-state index contributed by atoms with van der Waals surface area (Å²) in [6.07, 6.45) is 6.35. The van der Waals surface area contributed by atoms with Crippen LogP contribution in [0.4, 0.5) is 13.2 Å². The fraction of sp³-hybridized carbons (Fsp3) is 0.238. The number of sulfone groups is 1. The van der Waals surface area contributed by atoms with Gasteiger partial charge < -0.3 is 0 Å². The molecule has 0 amide bonds. The van der Waals surface area contributed by atoms with E-state index in [1.54, 1.807) is 0 Å². The Balaban J connectivity index is 1.74. The van der Waals surface area contributed by atoms with Crippen LogP contribution in [0.25, 0.3) is 11.1 Å². The van der Waals surface area contributed by atoms with Crippen LogP contribution in [0.2, 0.25) is 5.02 Å². The molecule has 0 aromatic heterocycles. The van der Waals surface area contributed by atoms with Crippen molar-refractivity contribution in [2.24, 2.45) is 5.41 Å². The molecule has 0 aliphatic heterocycles. The molecule has 2 nitrogen and oxygen atoms in total. The lowest BCUT2D eigenvalue weighted by Crippen LogP contribution is -2.23. The first-order valence-corrected chi connectivity index (χ1v) is 10.5. The van der Waals surface area contributed by atoms with Crippen molar-refractivity contribution in [2.45, 2.75) is 30.2 Å². The normalized spacial score (nSPS) is 18.2. The van der Waals surface area contributed by atoms with Crippen LogP contribution in [0.5, 0.6) is 0 Å². The number of benzene rings is 2. The minimum absolute atomic E-state index is 0.00503. The molecular formula is C21H16ClF3O2S. The lowest BCUT2D eigenvalue weighted by Gasteiger charge is -2.12. The summed E-state index contributed by atoms with van der Waals surface area (Å²) >= 11 is 6.12. The molecule has 146 valence electrons. The van der Waals surface area contributed by atoms with Crippen molar-refractivity contribution in [3.8, 4) is 0 Å². The zero-order valence-electron chi connectivity index (χ0n) is 14.8. The molecular weight excluding hydrogens is 409 g/mol. The summed E-state index contributed by atoms with van der Waals surface area (Å²) in [5, 5.41) is 0.663. The van der Waals surface area contributed by atoms with Gasteiger partial charge in [-0.25, -0.2) is 8.42 Å². The van der Waals surface area contributed by atoms with Crippen LogP contribution in [0.1, 0.15) is 29.5 Å². The molecule has 0 atom stereocenters. The second-order valence-corrected chi connectivity index (χ2v) is 9.64. The van der Waals surface area contributed by atoms with Crippen LogP contribution < -0.4 is 0 Å². The van der Waals surface area contributed by atoms with Gasteiger partial charge in [-0.3, -0.25) is 0 Å². The van der Waals surface area contributed by atoms with Crippen LogP contribution in [-0.2, 0) is 9.84 Å². The Morgan fingerprint density at radius 2 is 1.46 bits per heavy atom. The maximum Gasteiger partial charge on any atom is 0.501 e. The van der Waals surface area contributed by atoms with Crippen LogP contribution >= 0.6 is 11.6 Å². The average molecular weight is 425 g/mol. The molecule has 0 N–H and O–H groups in total. The van der Waals surface area contributed by atoms with Gasteiger partial charge in [0.2, 0.25) is 0 Å². The van der Waals surface area contributed by atoms with Gasteiger partial charge in [-0.15, -0.1) is 0 Å². The van der Waals surface area contributed by atoms with Crippen molar-refractivity contribution in [3.05, 3.63) is 76.3 Å². The third-order valence-electron chi connectivity index (χ3n) is 5.23. The third kappa shape index (κ3) is 3.18. The molecule has 2 aliphatic carbocycles. The molecule has 1 saturated carbocycles. The molecule has 0 unspecified atom stereocenters. The van der Waals surface area contributed by atoms with E-state index in [-0.39, 0.29) is 5.41 Å². The third-order valence-corrected chi connectivity index (χ3v) is 7.16. The second-order valence-electron chi connectivity index (χ2n) is 7.29. The molecule has 0 heterocycles. The molecule has 0 saturated heterocycles. The lowest BCUT2D eigenvalue weighted by atomic mass is 9.94. The van der Waals surface area contributed by atoms with Crippen molar-refractivity contribution in [1.82, 2.24) is 0 Å². The number of aryl methyl sites for hydroxylation is 1. The highest BCUT2D eigenvalue weighted by Crippen LogP contribution is 2.57. The van der Waals surface area contributed by atoms with E-state index in [1.165, 1.54) is 12.1 Å². The molecule has 1 spiro atoms. The van der Waals surface area contributed by atoms with E-state index >= 15 is 0 Å². The Labute approximate surface area is 166 Å². The summed E-state index contributed by atoms with van der Waals surface area (Å²) in [5.74, 6) is 0. The number of rotatable bonds is 3. The molecule has 2 aromatic carbocycles. The molecule has 1 fully saturated rings. The van der Waals surface area contributed by atoms with Crippen LogP contribution in [0, 0.1) is 12.3 Å². The summed E-state index contributed by atoms with van der Waals surface area (Å²) in [7, 11) is -5.35. The van der Waals surface area contributed by atoms with Gasteiger partial charge in [0.05, 0.1) is 4.90 Å². The Kier molecular flexibility index (Phi) is 4.28. The van der Waals surface area contributed by atoms with E-state index in [0.29, 0.717) is 10.6 Å². The SMILES string of the molecule is Cc1cc(C2=CC3(C=C2c2ccc(S(=O)(=O)C(F)(F)F)cc2)CC3)ccc1Cl. The molecule has 28 heavy (non-hydrogen) atoms. The van der Waals surface area contributed by atoms with Gasteiger partial charge in [0.25, 0.3) is 9.84 Å². The smallest absolute Gasteiger partial charge is 0.214 e. The summed E-state index contributed by atoms with van der Waals surface area (Å²) < 4.78 is 61.5. The average Bonchev–Trinajstić information content (AvgIpc) is 3.27. The Bertz CT molecular complexity index is 1120. The van der Waals surface area contributed by atoms with E-state index in [0.717, 1.165) is 47.2 Å². The fourth-order valence-electron chi connectivity index (χ4n) is 3.44. The van der Waals surface area contributed by atoms with E-state index < -0.39 is 20.2 Å². The molecule has 4 rings (SSSR count). The maximum atomic E-state index is 12.8. The Hall–Kier alpha value is -2.05. The first-order chi connectivity index (χ1) is 13.0. The van der Waals surface area contributed by atoms with E-state index in [4.69, 9.17) is 11.6 Å². The van der Waals surface area contributed by atoms with Crippen molar-refractivity contribution >= 4 is 32.6 Å². The number of allylic oxidation sites excluding steroid dienone is 4.